The average molecular weight is 436 g/mol. The molecule has 32 heavy (non-hydrogen) atoms. The normalized spacial score (nSPS) is 16.8. The van der Waals surface area contributed by atoms with Gasteiger partial charge < -0.3 is 25.4 Å². The van der Waals surface area contributed by atoms with Crippen molar-refractivity contribution in [3.63, 3.8) is 0 Å². The molecule has 0 bridgehead atoms. The van der Waals surface area contributed by atoms with Crippen LogP contribution in [0.4, 0.5) is 0 Å². The molecule has 0 aromatic heterocycles. The largest absolute Gasteiger partial charge is 0.507 e. The summed E-state index contributed by atoms with van der Waals surface area (Å²) in [5, 5.41) is 17.1. The van der Waals surface area contributed by atoms with Crippen LogP contribution in [-0.4, -0.2) is 61.3 Å². The molecular formula is C26H33N3O3. The molecule has 0 aliphatic carbocycles. The molecule has 3 N–H and O–H groups in total. The smallest absolute Gasteiger partial charge is 0.253 e. The quantitative estimate of drug-likeness (QED) is 0.582. The van der Waals surface area contributed by atoms with Crippen LogP contribution in [-0.2, 0) is 0 Å². The van der Waals surface area contributed by atoms with Crippen molar-refractivity contribution in [2.45, 2.75) is 31.8 Å². The highest BCUT2D eigenvalue weighted by Crippen LogP contribution is 2.46. The van der Waals surface area contributed by atoms with Crippen molar-refractivity contribution < 1.29 is 14.6 Å². The molecule has 170 valence electrons. The summed E-state index contributed by atoms with van der Waals surface area (Å²) >= 11 is 0. The molecule has 0 atom stereocenters. The number of carbonyl (C=O) groups is 1. The Balaban J connectivity index is 1.64. The molecule has 2 aliphatic heterocycles. The second kappa shape index (κ2) is 9.76. The van der Waals surface area contributed by atoms with E-state index in [0.717, 1.165) is 62.1 Å². The van der Waals surface area contributed by atoms with Gasteiger partial charge in [0.25, 0.3) is 5.91 Å². The van der Waals surface area contributed by atoms with Gasteiger partial charge in [-0.3, -0.25) is 4.79 Å². The number of ether oxygens (including phenoxy) is 1. The highest BCUT2D eigenvalue weighted by atomic mass is 16.5. The second-order valence-corrected chi connectivity index (χ2v) is 8.54. The molecule has 1 amide bonds. The van der Waals surface area contributed by atoms with Crippen LogP contribution >= 0.6 is 0 Å². The maximum Gasteiger partial charge on any atom is 0.253 e. The van der Waals surface area contributed by atoms with Gasteiger partial charge in [-0.1, -0.05) is 18.2 Å². The fraction of sp³-hybridized carbons (Fsp3) is 0.423. The van der Waals surface area contributed by atoms with Gasteiger partial charge in [-0.15, -0.1) is 0 Å². The summed E-state index contributed by atoms with van der Waals surface area (Å²) < 4.78 is 6.41. The Morgan fingerprint density at radius 3 is 2.62 bits per heavy atom. The fourth-order valence-corrected chi connectivity index (χ4v) is 4.61. The Morgan fingerprint density at radius 2 is 1.94 bits per heavy atom. The number of hydrogen-bond acceptors (Lipinski definition) is 5. The van der Waals surface area contributed by atoms with E-state index in [0.29, 0.717) is 17.9 Å². The van der Waals surface area contributed by atoms with Crippen molar-refractivity contribution in [1.82, 2.24) is 15.5 Å². The number of phenols is 1. The molecule has 6 heteroatoms. The minimum atomic E-state index is -0.373. The van der Waals surface area contributed by atoms with Crippen molar-refractivity contribution >= 4 is 11.5 Å². The first-order chi connectivity index (χ1) is 15.6. The van der Waals surface area contributed by atoms with Crippen LogP contribution in [0.1, 0.15) is 47.7 Å². The van der Waals surface area contributed by atoms with E-state index in [1.807, 2.05) is 55.3 Å². The molecule has 0 saturated carbocycles. The molecule has 2 aliphatic rings. The number of carbonyl (C=O) groups excluding carboxylic acids is 1. The topological polar surface area (TPSA) is 73.8 Å². The van der Waals surface area contributed by atoms with Crippen molar-refractivity contribution in [3.8, 4) is 11.5 Å². The van der Waals surface area contributed by atoms with Crippen LogP contribution in [0.5, 0.6) is 11.5 Å². The lowest BCUT2D eigenvalue weighted by atomic mass is 9.83. The van der Waals surface area contributed by atoms with Gasteiger partial charge in [-0.2, -0.15) is 0 Å². The number of hydrogen-bond donors (Lipinski definition) is 3. The minimum Gasteiger partial charge on any atom is -0.507 e. The number of amides is 1. The number of benzene rings is 2. The summed E-state index contributed by atoms with van der Waals surface area (Å²) in [6, 6.07) is 13.2. The molecule has 0 radical (unpaired) electrons. The zero-order chi connectivity index (χ0) is 22.6. The van der Waals surface area contributed by atoms with Crippen LogP contribution in [0.2, 0.25) is 0 Å². The monoisotopic (exact) mass is 435 g/mol. The van der Waals surface area contributed by atoms with Crippen LogP contribution in [0.15, 0.2) is 48.5 Å². The maximum atomic E-state index is 13.0. The van der Waals surface area contributed by atoms with E-state index < -0.39 is 0 Å². The number of fused-ring (bicyclic) bond motifs is 1. The summed E-state index contributed by atoms with van der Waals surface area (Å²) in [4.78, 5) is 14.9. The van der Waals surface area contributed by atoms with Crippen molar-refractivity contribution in [2.75, 3.05) is 39.8 Å². The van der Waals surface area contributed by atoms with E-state index in [1.165, 1.54) is 0 Å². The lowest BCUT2D eigenvalue weighted by Crippen LogP contribution is -2.46. The third kappa shape index (κ3) is 4.52. The molecule has 1 saturated heterocycles. The van der Waals surface area contributed by atoms with Gasteiger partial charge in [0.05, 0.1) is 5.56 Å². The van der Waals surface area contributed by atoms with Crippen LogP contribution in [0.25, 0.3) is 5.57 Å². The third-order valence-corrected chi connectivity index (χ3v) is 6.41. The number of aromatic hydroxyl groups is 1. The van der Waals surface area contributed by atoms with Crippen molar-refractivity contribution in [2.24, 2.45) is 0 Å². The Labute approximate surface area is 190 Å². The number of rotatable bonds is 7. The molecular weight excluding hydrogens is 402 g/mol. The van der Waals surface area contributed by atoms with E-state index in [2.05, 4.69) is 16.7 Å². The highest BCUT2D eigenvalue weighted by molar-refractivity contribution is 5.95. The van der Waals surface area contributed by atoms with Crippen LogP contribution in [0.3, 0.4) is 0 Å². The second-order valence-electron chi connectivity index (χ2n) is 8.54. The van der Waals surface area contributed by atoms with Crippen LogP contribution < -0.4 is 15.4 Å². The van der Waals surface area contributed by atoms with E-state index in [-0.39, 0.29) is 17.3 Å². The summed E-state index contributed by atoms with van der Waals surface area (Å²) in [6.45, 7) is 6.11. The lowest BCUT2D eigenvalue weighted by molar-refractivity contribution is 0.0762. The van der Waals surface area contributed by atoms with Gasteiger partial charge in [0.15, 0.2) is 0 Å². The first kappa shape index (κ1) is 22.4. The number of phenolic OH excluding ortho intramolecular Hbond substituents is 1. The number of nitrogens with one attached hydrogen (secondary N) is 2. The maximum absolute atomic E-state index is 13.0. The zero-order valence-electron chi connectivity index (χ0n) is 19.0. The first-order valence-corrected chi connectivity index (χ1v) is 11.6. The summed E-state index contributed by atoms with van der Waals surface area (Å²) in [6.07, 6.45) is 4.84. The molecule has 4 rings (SSSR count). The van der Waals surface area contributed by atoms with Gasteiger partial charge in [-0.25, -0.2) is 0 Å². The molecule has 2 aromatic carbocycles. The predicted octanol–water partition coefficient (Wildman–Crippen LogP) is 3.41. The van der Waals surface area contributed by atoms with Gasteiger partial charge in [0, 0.05) is 31.5 Å². The van der Waals surface area contributed by atoms with Crippen LogP contribution in [0, 0.1) is 0 Å². The SMILES string of the molecule is CCN(CCCNC)C(=O)c1ccc(C2=CC3(CCNCC3)Oc3cccc(O)c32)cc1. The zero-order valence-corrected chi connectivity index (χ0v) is 19.0. The third-order valence-electron chi connectivity index (χ3n) is 6.41. The molecule has 6 nitrogen and oxygen atoms in total. The Bertz CT molecular complexity index is 978. The summed E-state index contributed by atoms with van der Waals surface area (Å²) in [7, 11) is 1.92. The Hall–Kier alpha value is -2.83. The molecule has 1 fully saturated rings. The summed E-state index contributed by atoms with van der Waals surface area (Å²) in [5.41, 5.74) is 2.97. The van der Waals surface area contributed by atoms with E-state index in [4.69, 9.17) is 4.74 Å². The fourth-order valence-electron chi connectivity index (χ4n) is 4.61. The van der Waals surface area contributed by atoms with Gasteiger partial charge in [0.2, 0.25) is 0 Å². The van der Waals surface area contributed by atoms with E-state index in [9.17, 15) is 9.90 Å². The molecule has 2 aromatic rings. The molecule has 0 unspecified atom stereocenters. The van der Waals surface area contributed by atoms with E-state index in [1.54, 1.807) is 6.07 Å². The molecule has 1 spiro atoms. The number of nitrogens with zero attached hydrogens (tertiary/aromatic N) is 1. The number of piperidine rings is 1. The standard InChI is InChI=1S/C26H33N3O3/c1-3-29(17-5-14-27-2)25(31)20-10-8-19(9-11-20)21-18-26(12-15-28-16-13-26)32-23-7-4-6-22(30)24(21)23/h4,6-11,18,27-28,30H,3,5,12-17H2,1-2H3. The van der Waals surface area contributed by atoms with Gasteiger partial charge >= 0.3 is 0 Å². The van der Waals surface area contributed by atoms with Gasteiger partial charge in [-0.05, 0) is 81.5 Å². The Kier molecular flexibility index (Phi) is 6.82. The average Bonchev–Trinajstić information content (AvgIpc) is 2.82. The van der Waals surface area contributed by atoms with Crippen molar-refractivity contribution in [3.05, 3.63) is 65.2 Å². The predicted molar refractivity (Wildman–Crippen MR) is 127 cm³/mol. The van der Waals surface area contributed by atoms with E-state index >= 15 is 0 Å². The molecule has 2 heterocycles. The Morgan fingerprint density at radius 1 is 1.19 bits per heavy atom. The summed E-state index contributed by atoms with van der Waals surface area (Å²) in [5.74, 6) is 0.972. The van der Waals surface area contributed by atoms with Gasteiger partial charge in [0.1, 0.15) is 17.1 Å². The first-order valence-electron chi connectivity index (χ1n) is 11.6. The minimum absolute atomic E-state index is 0.0502. The highest BCUT2D eigenvalue weighted by Gasteiger charge is 2.38. The lowest BCUT2D eigenvalue weighted by Gasteiger charge is -2.40. The van der Waals surface area contributed by atoms with Crippen molar-refractivity contribution in [1.29, 1.82) is 0 Å².